The number of rotatable bonds is 8. The van der Waals surface area contributed by atoms with Crippen molar-refractivity contribution in [2.75, 3.05) is 5.32 Å². The van der Waals surface area contributed by atoms with Crippen LogP contribution in [0.25, 0.3) is 21.5 Å². The Morgan fingerprint density at radius 1 is 1.13 bits per heavy atom. The van der Waals surface area contributed by atoms with Crippen LogP contribution in [-0.2, 0) is 6.61 Å². The fraction of sp³-hybridized carbons (Fsp3) is 0.148. The summed E-state index contributed by atoms with van der Waals surface area (Å²) in [5.41, 5.74) is 7.55. The van der Waals surface area contributed by atoms with Gasteiger partial charge in [0.1, 0.15) is 39.3 Å². The van der Waals surface area contributed by atoms with Gasteiger partial charge in [-0.3, -0.25) is 9.59 Å². The Morgan fingerprint density at radius 2 is 1.95 bits per heavy atom. The summed E-state index contributed by atoms with van der Waals surface area (Å²) in [6.45, 7) is 4.07. The van der Waals surface area contributed by atoms with Crippen LogP contribution in [0, 0.1) is 13.8 Å². The minimum absolute atomic E-state index is 0.0338. The summed E-state index contributed by atoms with van der Waals surface area (Å²) >= 11 is 0.799. The zero-order valence-electron chi connectivity index (χ0n) is 20.2. The number of alkyl halides is 2. The topological polar surface area (TPSA) is 121 Å². The Morgan fingerprint density at radius 3 is 2.63 bits per heavy atom. The van der Waals surface area contributed by atoms with Gasteiger partial charge in [0, 0.05) is 10.9 Å². The van der Waals surface area contributed by atoms with Crippen LogP contribution in [0.4, 0.5) is 14.5 Å². The predicted octanol–water partition coefficient (Wildman–Crippen LogP) is 6.63. The molecule has 38 heavy (non-hydrogen) atoms. The van der Waals surface area contributed by atoms with Crippen LogP contribution in [-0.4, -0.2) is 16.8 Å². The number of fused-ring (bicyclic) bond motifs is 1. The van der Waals surface area contributed by atoms with E-state index in [-0.39, 0.29) is 44.5 Å². The van der Waals surface area contributed by atoms with Gasteiger partial charge >= 0.3 is 0 Å². The SMILES string of the molecule is Cc1ccc(OCc2ccc(C(=O)Nc3c(C(N)=O)sc4nc(C(F)F)cc(-c5ccco5)c34)o2)cc1C. The van der Waals surface area contributed by atoms with Crippen LogP contribution in [0.3, 0.4) is 0 Å². The molecule has 5 rings (SSSR count). The average molecular weight is 538 g/mol. The number of anilines is 1. The summed E-state index contributed by atoms with van der Waals surface area (Å²) in [7, 11) is 0. The van der Waals surface area contributed by atoms with Gasteiger partial charge in [-0.2, -0.15) is 0 Å². The van der Waals surface area contributed by atoms with Crippen LogP contribution in [0.1, 0.15) is 49.2 Å². The molecule has 4 aromatic heterocycles. The number of nitrogens with zero attached hydrogens (tertiary/aromatic N) is 1. The number of halogens is 2. The predicted molar refractivity (Wildman–Crippen MR) is 138 cm³/mol. The first kappa shape index (κ1) is 25.2. The molecule has 3 N–H and O–H groups in total. The normalized spacial score (nSPS) is 11.3. The van der Waals surface area contributed by atoms with Gasteiger partial charge in [0.05, 0.1) is 12.0 Å². The van der Waals surface area contributed by atoms with E-state index in [0.717, 1.165) is 28.5 Å². The second-order valence-corrected chi connectivity index (χ2v) is 9.48. The van der Waals surface area contributed by atoms with E-state index in [2.05, 4.69) is 10.3 Å². The molecule has 0 atom stereocenters. The van der Waals surface area contributed by atoms with Crippen molar-refractivity contribution in [1.29, 1.82) is 0 Å². The molecule has 0 aliphatic heterocycles. The van der Waals surface area contributed by atoms with Crippen molar-refractivity contribution in [1.82, 2.24) is 4.98 Å². The standard InChI is InChI=1S/C27H21F2N3O5S/c1-13-5-6-15(10-14(13)2)36-12-16-7-8-20(37-16)26(34)32-22-21-17(19-4-3-9-35-19)11-18(24(28)29)31-27(21)38-23(22)25(30)33/h3-11,24H,12H2,1-2H3,(H2,30,33)(H,32,34). The minimum atomic E-state index is -2.86. The van der Waals surface area contributed by atoms with E-state index in [1.165, 1.54) is 12.3 Å². The molecule has 11 heteroatoms. The number of hydrogen-bond acceptors (Lipinski definition) is 7. The molecule has 0 saturated heterocycles. The molecule has 0 bridgehead atoms. The zero-order chi connectivity index (χ0) is 27.0. The van der Waals surface area contributed by atoms with Crippen molar-refractivity contribution >= 4 is 39.1 Å². The van der Waals surface area contributed by atoms with E-state index >= 15 is 0 Å². The minimum Gasteiger partial charge on any atom is -0.486 e. The Kier molecular flexibility index (Phi) is 6.68. The van der Waals surface area contributed by atoms with Gasteiger partial charge in [0.25, 0.3) is 18.2 Å². The molecule has 4 heterocycles. The van der Waals surface area contributed by atoms with Crippen molar-refractivity contribution in [3.8, 4) is 17.1 Å². The van der Waals surface area contributed by atoms with Gasteiger partial charge in [-0.25, -0.2) is 13.8 Å². The smallest absolute Gasteiger partial charge is 0.291 e. The number of benzene rings is 1. The number of aryl methyl sites for hydroxylation is 2. The lowest BCUT2D eigenvalue weighted by Gasteiger charge is -2.09. The molecule has 2 amide bonds. The summed E-state index contributed by atoms with van der Waals surface area (Å²) < 4.78 is 43.9. The lowest BCUT2D eigenvalue weighted by molar-refractivity contribution is 0.0992. The quantitative estimate of drug-likeness (QED) is 0.229. The molecule has 0 unspecified atom stereocenters. The highest BCUT2D eigenvalue weighted by Crippen LogP contribution is 2.42. The molecule has 0 radical (unpaired) electrons. The largest absolute Gasteiger partial charge is 0.486 e. The number of carbonyl (C=O) groups is 2. The highest BCUT2D eigenvalue weighted by Gasteiger charge is 2.26. The van der Waals surface area contributed by atoms with E-state index < -0.39 is 23.9 Å². The van der Waals surface area contributed by atoms with E-state index in [0.29, 0.717) is 11.5 Å². The molecule has 5 aromatic rings. The molecule has 0 fully saturated rings. The van der Waals surface area contributed by atoms with Crippen molar-refractivity contribution in [2.45, 2.75) is 26.9 Å². The monoisotopic (exact) mass is 537 g/mol. The number of pyridine rings is 1. The number of primary amides is 1. The Bertz CT molecular complexity index is 1660. The first-order chi connectivity index (χ1) is 18.2. The Balaban J connectivity index is 1.46. The van der Waals surface area contributed by atoms with Crippen LogP contribution in [0.5, 0.6) is 5.75 Å². The van der Waals surface area contributed by atoms with Crippen molar-refractivity contribution < 1.29 is 31.9 Å². The summed E-state index contributed by atoms with van der Waals surface area (Å²) in [5, 5.41) is 2.90. The first-order valence-corrected chi connectivity index (χ1v) is 12.2. The molecule has 0 aliphatic rings. The number of furan rings is 2. The number of amides is 2. The number of thiophene rings is 1. The van der Waals surface area contributed by atoms with Crippen molar-refractivity contribution in [3.05, 3.63) is 88.0 Å². The Labute approximate surface area is 219 Å². The number of ether oxygens (including phenoxy) is 1. The first-order valence-electron chi connectivity index (χ1n) is 11.4. The number of hydrogen-bond donors (Lipinski definition) is 2. The van der Waals surface area contributed by atoms with Crippen LogP contribution < -0.4 is 15.8 Å². The zero-order valence-corrected chi connectivity index (χ0v) is 21.0. The van der Waals surface area contributed by atoms with E-state index in [1.807, 2.05) is 32.0 Å². The summed E-state index contributed by atoms with van der Waals surface area (Å²) in [6.07, 6.45) is -1.48. The summed E-state index contributed by atoms with van der Waals surface area (Å²) in [5.74, 6) is -0.254. The highest BCUT2D eigenvalue weighted by molar-refractivity contribution is 7.21. The molecule has 8 nitrogen and oxygen atoms in total. The van der Waals surface area contributed by atoms with Gasteiger partial charge in [0.15, 0.2) is 5.76 Å². The third kappa shape index (κ3) is 4.88. The number of nitrogens with one attached hydrogen (secondary N) is 1. The van der Waals surface area contributed by atoms with Crippen LogP contribution >= 0.6 is 11.3 Å². The maximum absolute atomic E-state index is 13.6. The average Bonchev–Trinajstić information content (AvgIpc) is 3.64. The molecule has 0 saturated carbocycles. The number of aromatic nitrogens is 1. The molecule has 0 spiro atoms. The third-order valence-corrected chi connectivity index (χ3v) is 7.00. The molecule has 0 aliphatic carbocycles. The van der Waals surface area contributed by atoms with Crippen LogP contribution in [0.2, 0.25) is 0 Å². The lowest BCUT2D eigenvalue weighted by Crippen LogP contribution is -2.16. The maximum Gasteiger partial charge on any atom is 0.291 e. The van der Waals surface area contributed by atoms with Gasteiger partial charge < -0.3 is 24.6 Å². The second kappa shape index (κ2) is 10.1. The number of carbonyl (C=O) groups excluding carboxylic acids is 2. The van der Waals surface area contributed by atoms with E-state index in [4.69, 9.17) is 19.3 Å². The van der Waals surface area contributed by atoms with E-state index in [1.54, 1.807) is 18.2 Å². The molecular weight excluding hydrogens is 516 g/mol. The highest BCUT2D eigenvalue weighted by atomic mass is 32.1. The van der Waals surface area contributed by atoms with Crippen molar-refractivity contribution in [2.24, 2.45) is 5.73 Å². The molecule has 194 valence electrons. The van der Waals surface area contributed by atoms with Gasteiger partial charge in [0.2, 0.25) is 0 Å². The molecule has 1 aromatic carbocycles. The lowest BCUT2D eigenvalue weighted by atomic mass is 10.1. The summed E-state index contributed by atoms with van der Waals surface area (Å²) in [4.78, 5) is 29.4. The fourth-order valence-corrected chi connectivity index (χ4v) is 4.87. The number of nitrogens with two attached hydrogens (primary N) is 1. The van der Waals surface area contributed by atoms with Gasteiger partial charge in [-0.05, 0) is 67.4 Å². The fourth-order valence-electron chi connectivity index (χ4n) is 3.86. The maximum atomic E-state index is 13.6. The third-order valence-electron chi connectivity index (χ3n) is 5.90. The summed E-state index contributed by atoms with van der Waals surface area (Å²) in [6, 6.07) is 13.1. The second-order valence-electron chi connectivity index (χ2n) is 8.48. The van der Waals surface area contributed by atoms with Crippen LogP contribution in [0.15, 0.2) is 63.6 Å². The van der Waals surface area contributed by atoms with Gasteiger partial charge in [-0.15, -0.1) is 11.3 Å². The Hall–Kier alpha value is -4.51. The van der Waals surface area contributed by atoms with E-state index in [9.17, 15) is 18.4 Å². The molecular formula is C27H21F2N3O5S. The van der Waals surface area contributed by atoms with Crippen molar-refractivity contribution in [3.63, 3.8) is 0 Å². The van der Waals surface area contributed by atoms with Gasteiger partial charge in [-0.1, -0.05) is 6.07 Å².